The molecule has 1 rings (SSSR count). The second-order valence-corrected chi connectivity index (χ2v) is 6.69. The van der Waals surface area contributed by atoms with Gasteiger partial charge in [0.25, 0.3) is 0 Å². The molecule has 116 valence electrons. The van der Waals surface area contributed by atoms with Gasteiger partial charge in [0, 0.05) is 19.1 Å². The second kappa shape index (κ2) is 8.59. The molecule has 7 heteroatoms. The normalized spacial score (nSPS) is 13.1. The third kappa shape index (κ3) is 6.19. The van der Waals surface area contributed by atoms with Gasteiger partial charge >= 0.3 is 0 Å². The van der Waals surface area contributed by atoms with Crippen molar-refractivity contribution in [1.82, 2.24) is 14.9 Å². The number of hydrogen-bond donors (Lipinski definition) is 2. The number of halogens is 1. The Kier molecular flexibility index (Phi) is 8.30. The van der Waals surface area contributed by atoms with Crippen molar-refractivity contribution in [3.63, 3.8) is 0 Å². The number of likely N-dealkylation sites (N-methyl/N-ethyl adjacent to an activating group) is 1. The Bertz CT molecular complexity index is 489. The maximum Gasteiger partial charge on any atom is 0.240 e. The number of sulfonamides is 1. The maximum absolute atomic E-state index is 12.0. The lowest BCUT2D eigenvalue weighted by Gasteiger charge is -2.13. The van der Waals surface area contributed by atoms with E-state index < -0.39 is 10.0 Å². The van der Waals surface area contributed by atoms with Crippen molar-refractivity contribution in [3.05, 3.63) is 29.8 Å². The zero-order valence-electron chi connectivity index (χ0n) is 12.4. The minimum Gasteiger partial charge on any atom is -0.316 e. The molecule has 1 aromatic rings. The first-order valence-electron chi connectivity index (χ1n) is 6.25. The molecule has 0 aliphatic heterocycles. The number of benzene rings is 1. The van der Waals surface area contributed by atoms with Crippen LogP contribution < -0.4 is 10.0 Å². The lowest BCUT2D eigenvalue weighted by atomic mass is 10.2. The van der Waals surface area contributed by atoms with Gasteiger partial charge in [-0.1, -0.05) is 12.1 Å². The van der Waals surface area contributed by atoms with Gasteiger partial charge in [-0.05, 0) is 45.8 Å². The summed E-state index contributed by atoms with van der Waals surface area (Å²) in [6, 6.07) is 7.07. The van der Waals surface area contributed by atoms with Crippen LogP contribution in [0.4, 0.5) is 0 Å². The molecule has 0 aliphatic rings. The van der Waals surface area contributed by atoms with E-state index in [1.807, 2.05) is 38.1 Å². The monoisotopic (exact) mass is 321 g/mol. The van der Waals surface area contributed by atoms with Gasteiger partial charge in [0.2, 0.25) is 10.0 Å². The topological polar surface area (TPSA) is 61.4 Å². The summed E-state index contributed by atoms with van der Waals surface area (Å²) in [5, 5.41) is 2.99. The summed E-state index contributed by atoms with van der Waals surface area (Å²) in [5.74, 6) is 0. The van der Waals surface area contributed by atoms with Crippen LogP contribution in [0.2, 0.25) is 0 Å². The highest BCUT2D eigenvalue weighted by molar-refractivity contribution is 7.89. The number of rotatable bonds is 7. The Morgan fingerprint density at radius 2 is 1.75 bits per heavy atom. The van der Waals surface area contributed by atoms with Crippen LogP contribution in [0.1, 0.15) is 12.5 Å². The maximum atomic E-state index is 12.0. The highest BCUT2D eigenvalue weighted by Gasteiger charge is 2.14. The van der Waals surface area contributed by atoms with Gasteiger partial charge in [-0.25, -0.2) is 13.1 Å². The van der Waals surface area contributed by atoms with Crippen molar-refractivity contribution in [3.8, 4) is 0 Å². The summed E-state index contributed by atoms with van der Waals surface area (Å²) in [5.41, 5.74) is 1.09. The van der Waals surface area contributed by atoms with E-state index in [0.29, 0.717) is 11.4 Å². The second-order valence-electron chi connectivity index (χ2n) is 4.92. The Morgan fingerprint density at radius 1 is 1.20 bits per heavy atom. The number of hydrogen-bond acceptors (Lipinski definition) is 4. The van der Waals surface area contributed by atoms with E-state index in [2.05, 4.69) is 10.0 Å². The van der Waals surface area contributed by atoms with Crippen LogP contribution >= 0.6 is 12.4 Å². The third-order valence-electron chi connectivity index (χ3n) is 2.80. The highest BCUT2D eigenvalue weighted by atomic mass is 35.5. The molecule has 0 aliphatic carbocycles. The molecule has 20 heavy (non-hydrogen) atoms. The van der Waals surface area contributed by atoms with E-state index in [0.717, 1.165) is 12.1 Å². The number of nitrogens with zero attached hydrogens (tertiary/aromatic N) is 1. The number of nitrogens with one attached hydrogen (secondary N) is 2. The molecule has 0 bridgehead atoms. The summed E-state index contributed by atoms with van der Waals surface area (Å²) < 4.78 is 26.7. The quantitative estimate of drug-likeness (QED) is 0.788. The molecule has 1 aromatic carbocycles. The van der Waals surface area contributed by atoms with Crippen LogP contribution in [0, 0.1) is 0 Å². The summed E-state index contributed by atoms with van der Waals surface area (Å²) >= 11 is 0. The van der Waals surface area contributed by atoms with Gasteiger partial charge in [-0.3, -0.25) is 0 Å². The fourth-order valence-electron chi connectivity index (χ4n) is 1.56. The van der Waals surface area contributed by atoms with Crippen molar-refractivity contribution < 1.29 is 8.42 Å². The van der Waals surface area contributed by atoms with Gasteiger partial charge in [-0.2, -0.15) is 0 Å². The summed E-state index contributed by atoms with van der Waals surface area (Å²) in [6.45, 7) is 3.09. The summed E-state index contributed by atoms with van der Waals surface area (Å²) in [4.78, 5) is 2.34. The van der Waals surface area contributed by atoms with E-state index in [1.165, 1.54) is 0 Å². The smallest absolute Gasteiger partial charge is 0.240 e. The zero-order valence-corrected chi connectivity index (χ0v) is 14.0. The fourth-order valence-corrected chi connectivity index (χ4v) is 2.69. The Hall–Kier alpha value is -0.660. The lowest BCUT2D eigenvalue weighted by molar-refractivity contribution is 0.402. The first-order valence-corrected chi connectivity index (χ1v) is 7.74. The molecule has 0 radical (unpaired) electrons. The Morgan fingerprint density at radius 3 is 2.20 bits per heavy atom. The van der Waals surface area contributed by atoms with E-state index in [-0.39, 0.29) is 18.4 Å². The molecule has 0 fully saturated rings. The van der Waals surface area contributed by atoms with Crippen molar-refractivity contribution >= 4 is 22.4 Å². The van der Waals surface area contributed by atoms with Crippen molar-refractivity contribution in [2.75, 3.05) is 27.7 Å². The highest BCUT2D eigenvalue weighted by Crippen LogP contribution is 2.11. The van der Waals surface area contributed by atoms with Crippen LogP contribution in [0.25, 0.3) is 0 Å². The van der Waals surface area contributed by atoms with Gasteiger partial charge in [0.15, 0.2) is 0 Å². The van der Waals surface area contributed by atoms with Crippen molar-refractivity contribution in [1.29, 1.82) is 0 Å². The fraction of sp³-hybridized carbons (Fsp3) is 0.538. The molecule has 0 spiro atoms. The zero-order chi connectivity index (χ0) is 14.5. The molecule has 1 atom stereocenters. The molecule has 2 N–H and O–H groups in total. The van der Waals surface area contributed by atoms with Gasteiger partial charge < -0.3 is 10.2 Å². The minimum atomic E-state index is -3.41. The van der Waals surface area contributed by atoms with Crippen molar-refractivity contribution in [2.24, 2.45) is 0 Å². The van der Waals surface area contributed by atoms with E-state index in [9.17, 15) is 8.42 Å². The van der Waals surface area contributed by atoms with Crippen LogP contribution in [-0.4, -0.2) is 47.0 Å². The Balaban J connectivity index is 0.00000361. The minimum absolute atomic E-state index is 0. The van der Waals surface area contributed by atoms with Gasteiger partial charge in [-0.15, -0.1) is 12.4 Å². The SMILES string of the molecule is CNC(C)CNS(=O)(=O)c1ccc(CN(C)C)cc1.Cl. The molecule has 0 aromatic heterocycles. The standard InChI is InChI=1S/C13H23N3O2S.ClH/c1-11(14-2)9-15-19(17,18)13-7-5-12(6-8-13)10-16(3)4;/h5-8,11,14-15H,9-10H2,1-4H3;1H. The van der Waals surface area contributed by atoms with Crippen molar-refractivity contribution in [2.45, 2.75) is 24.4 Å². The first kappa shape index (κ1) is 19.3. The van der Waals surface area contributed by atoms with Crippen LogP contribution in [0.15, 0.2) is 29.2 Å². The predicted octanol–water partition coefficient (Wildman–Crippen LogP) is 1.06. The van der Waals surface area contributed by atoms with E-state index in [4.69, 9.17) is 0 Å². The predicted molar refractivity (Wildman–Crippen MR) is 84.8 cm³/mol. The molecular weight excluding hydrogens is 298 g/mol. The summed E-state index contributed by atoms with van der Waals surface area (Å²) in [6.07, 6.45) is 0. The molecular formula is C13H24ClN3O2S. The van der Waals surface area contributed by atoms with Crippen LogP contribution in [0.3, 0.4) is 0 Å². The lowest BCUT2D eigenvalue weighted by Crippen LogP contribution is -2.37. The molecule has 0 heterocycles. The molecule has 0 amide bonds. The average Bonchev–Trinajstić information content (AvgIpc) is 2.36. The first-order chi connectivity index (χ1) is 8.85. The van der Waals surface area contributed by atoms with Crippen LogP contribution in [-0.2, 0) is 16.6 Å². The van der Waals surface area contributed by atoms with Crippen LogP contribution in [0.5, 0.6) is 0 Å². The van der Waals surface area contributed by atoms with E-state index >= 15 is 0 Å². The molecule has 5 nitrogen and oxygen atoms in total. The van der Waals surface area contributed by atoms with Gasteiger partial charge in [0.1, 0.15) is 0 Å². The molecule has 0 saturated heterocycles. The summed E-state index contributed by atoms with van der Waals surface area (Å²) in [7, 11) is 2.34. The molecule has 0 saturated carbocycles. The largest absolute Gasteiger partial charge is 0.316 e. The third-order valence-corrected chi connectivity index (χ3v) is 4.24. The van der Waals surface area contributed by atoms with E-state index in [1.54, 1.807) is 19.2 Å². The molecule has 1 unspecified atom stereocenters. The van der Waals surface area contributed by atoms with Gasteiger partial charge in [0.05, 0.1) is 4.90 Å². The average molecular weight is 322 g/mol. The Labute approximate surface area is 128 Å².